The topological polar surface area (TPSA) is 46.6 Å². The van der Waals surface area contributed by atoms with Crippen molar-refractivity contribution in [3.8, 4) is 0 Å². The average Bonchev–Trinajstić information content (AvgIpc) is 2.44. The van der Waals surface area contributed by atoms with Crippen LogP contribution in [-0.2, 0) is 14.3 Å². The number of nitrogens with zero attached hydrogens (tertiary/aromatic N) is 1. The Kier molecular flexibility index (Phi) is 5.19. The first kappa shape index (κ1) is 13.7. The van der Waals surface area contributed by atoms with Crippen LogP contribution < -0.4 is 0 Å². The van der Waals surface area contributed by atoms with Gasteiger partial charge in [-0.2, -0.15) is 0 Å². The SMILES string of the molecule is C=C(CN1CCC(C)CCC1=O)C(=O)OCC. The van der Waals surface area contributed by atoms with Crippen molar-refractivity contribution in [3.63, 3.8) is 0 Å². The predicted octanol–water partition coefficient (Wildman–Crippen LogP) is 1.75. The van der Waals surface area contributed by atoms with Crippen molar-refractivity contribution in [2.75, 3.05) is 19.7 Å². The summed E-state index contributed by atoms with van der Waals surface area (Å²) in [5.41, 5.74) is 0.356. The number of carbonyl (C=O) groups is 2. The van der Waals surface area contributed by atoms with Gasteiger partial charge in [-0.05, 0) is 25.7 Å². The van der Waals surface area contributed by atoms with Gasteiger partial charge >= 0.3 is 5.97 Å². The number of hydrogen-bond acceptors (Lipinski definition) is 3. The third-order valence-corrected chi connectivity index (χ3v) is 3.04. The lowest BCUT2D eigenvalue weighted by atomic mass is 10.0. The summed E-state index contributed by atoms with van der Waals surface area (Å²) in [5.74, 6) is 0.275. The molecule has 0 bridgehead atoms. The molecule has 0 aliphatic carbocycles. The van der Waals surface area contributed by atoms with Crippen molar-refractivity contribution < 1.29 is 14.3 Å². The monoisotopic (exact) mass is 239 g/mol. The van der Waals surface area contributed by atoms with Crippen molar-refractivity contribution in [1.29, 1.82) is 0 Å². The largest absolute Gasteiger partial charge is 0.463 e. The van der Waals surface area contributed by atoms with Crippen LogP contribution in [0.1, 0.15) is 33.1 Å². The molecule has 1 fully saturated rings. The summed E-state index contributed by atoms with van der Waals surface area (Å²) in [6.45, 7) is 8.93. The van der Waals surface area contributed by atoms with Crippen molar-refractivity contribution in [2.45, 2.75) is 33.1 Å². The molecule has 4 heteroatoms. The minimum Gasteiger partial charge on any atom is -0.463 e. The zero-order valence-electron chi connectivity index (χ0n) is 10.7. The quantitative estimate of drug-likeness (QED) is 0.554. The molecule has 1 saturated heterocycles. The van der Waals surface area contributed by atoms with Crippen LogP contribution in [0, 0.1) is 5.92 Å². The Bertz CT molecular complexity index is 312. The van der Waals surface area contributed by atoms with E-state index in [4.69, 9.17) is 4.74 Å². The molecule has 0 aromatic carbocycles. The van der Waals surface area contributed by atoms with Crippen LogP contribution in [0.5, 0.6) is 0 Å². The van der Waals surface area contributed by atoms with Crippen LogP contribution >= 0.6 is 0 Å². The van der Waals surface area contributed by atoms with Gasteiger partial charge in [-0.15, -0.1) is 0 Å². The van der Waals surface area contributed by atoms with Crippen molar-refractivity contribution in [3.05, 3.63) is 12.2 Å². The van der Waals surface area contributed by atoms with Crippen molar-refractivity contribution >= 4 is 11.9 Å². The molecular formula is C13H21NO3. The van der Waals surface area contributed by atoms with Gasteiger partial charge in [-0.1, -0.05) is 13.5 Å². The molecule has 0 spiro atoms. The molecular weight excluding hydrogens is 218 g/mol. The number of ether oxygens (including phenoxy) is 1. The summed E-state index contributed by atoms with van der Waals surface area (Å²) >= 11 is 0. The normalized spacial score (nSPS) is 20.9. The third-order valence-electron chi connectivity index (χ3n) is 3.04. The van der Waals surface area contributed by atoms with E-state index in [1.54, 1.807) is 11.8 Å². The lowest BCUT2D eigenvalue weighted by Crippen LogP contribution is -2.33. The van der Waals surface area contributed by atoms with Gasteiger partial charge in [0.25, 0.3) is 0 Å². The molecule has 96 valence electrons. The number of hydrogen-bond donors (Lipinski definition) is 0. The van der Waals surface area contributed by atoms with Crippen molar-refractivity contribution in [2.24, 2.45) is 5.92 Å². The molecule has 4 nitrogen and oxygen atoms in total. The molecule has 1 atom stereocenters. The summed E-state index contributed by atoms with van der Waals surface area (Å²) in [6, 6.07) is 0. The lowest BCUT2D eigenvalue weighted by molar-refractivity contribution is -0.139. The van der Waals surface area contributed by atoms with Crippen LogP contribution in [-0.4, -0.2) is 36.5 Å². The van der Waals surface area contributed by atoms with Gasteiger partial charge in [0.2, 0.25) is 5.91 Å². The Hall–Kier alpha value is -1.32. The van der Waals surface area contributed by atoms with Gasteiger partial charge in [0.15, 0.2) is 0 Å². The molecule has 0 radical (unpaired) electrons. The number of esters is 1. The van der Waals surface area contributed by atoms with E-state index in [-0.39, 0.29) is 5.91 Å². The Morgan fingerprint density at radius 1 is 1.53 bits per heavy atom. The lowest BCUT2D eigenvalue weighted by Gasteiger charge is -2.21. The first-order valence-corrected chi connectivity index (χ1v) is 6.17. The van der Waals surface area contributed by atoms with Gasteiger partial charge in [-0.25, -0.2) is 4.79 Å². The number of amides is 1. The first-order chi connectivity index (χ1) is 8.04. The molecule has 0 aromatic heterocycles. The molecule has 1 unspecified atom stereocenters. The maximum Gasteiger partial charge on any atom is 0.335 e. The first-order valence-electron chi connectivity index (χ1n) is 6.17. The molecule has 1 amide bonds. The van der Waals surface area contributed by atoms with E-state index in [0.29, 0.717) is 37.6 Å². The van der Waals surface area contributed by atoms with E-state index in [2.05, 4.69) is 13.5 Å². The number of likely N-dealkylation sites (tertiary alicyclic amines) is 1. The second kappa shape index (κ2) is 6.42. The molecule has 1 heterocycles. The van der Waals surface area contributed by atoms with Gasteiger partial charge in [0.1, 0.15) is 0 Å². The van der Waals surface area contributed by atoms with Crippen LogP contribution in [0.4, 0.5) is 0 Å². The molecule has 1 rings (SSSR count). The zero-order valence-corrected chi connectivity index (χ0v) is 10.7. The summed E-state index contributed by atoms with van der Waals surface area (Å²) in [7, 11) is 0. The van der Waals surface area contributed by atoms with Gasteiger partial charge < -0.3 is 9.64 Å². The van der Waals surface area contributed by atoms with Gasteiger partial charge in [0, 0.05) is 18.5 Å². The molecule has 1 aliphatic heterocycles. The van der Waals surface area contributed by atoms with Crippen LogP contribution in [0.2, 0.25) is 0 Å². The molecule has 0 N–H and O–H groups in total. The van der Waals surface area contributed by atoms with E-state index in [0.717, 1.165) is 12.8 Å². The minimum atomic E-state index is -0.405. The highest BCUT2D eigenvalue weighted by Gasteiger charge is 2.22. The van der Waals surface area contributed by atoms with Crippen LogP contribution in [0.25, 0.3) is 0 Å². The Morgan fingerprint density at radius 2 is 2.24 bits per heavy atom. The van der Waals surface area contributed by atoms with Crippen LogP contribution in [0.3, 0.4) is 0 Å². The van der Waals surface area contributed by atoms with E-state index in [9.17, 15) is 9.59 Å². The molecule has 17 heavy (non-hydrogen) atoms. The summed E-state index contributed by atoms with van der Waals surface area (Å²) in [5, 5.41) is 0. The van der Waals surface area contributed by atoms with E-state index < -0.39 is 5.97 Å². The number of carbonyl (C=O) groups excluding carboxylic acids is 2. The minimum absolute atomic E-state index is 0.111. The van der Waals surface area contributed by atoms with Gasteiger partial charge in [-0.3, -0.25) is 4.79 Å². The summed E-state index contributed by atoms with van der Waals surface area (Å²) in [4.78, 5) is 24.9. The fraction of sp³-hybridized carbons (Fsp3) is 0.692. The van der Waals surface area contributed by atoms with Crippen molar-refractivity contribution in [1.82, 2.24) is 4.90 Å². The molecule has 0 saturated carbocycles. The highest BCUT2D eigenvalue weighted by atomic mass is 16.5. The second-order valence-electron chi connectivity index (χ2n) is 4.57. The maximum absolute atomic E-state index is 11.8. The van der Waals surface area contributed by atoms with Gasteiger partial charge in [0.05, 0.1) is 13.2 Å². The van der Waals surface area contributed by atoms with E-state index >= 15 is 0 Å². The molecule has 0 aromatic rings. The number of rotatable bonds is 4. The smallest absolute Gasteiger partial charge is 0.335 e. The summed E-state index contributed by atoms with van der Waals surface area (Å²) < 4.78 is 4.86. The van der Waals surface area contributed by atoms with E-state index in [1.165, 1.54) is 0 Å². The second-order valence-corrected chi connectivity index (χ2v) is 4.57. The maximum atomic E-state index is 11.8. The Labute approximate surface area is 103 Å². The highest BCUT2D eigenvalue weighted by molar-refractivity contribution is 5.89. The zero-order chi connectivity index (χ0) is 12.8. The fourth-order valence-electron chi connectivity index (χ4n) is 1.87. The van der Waals surface area contributed by atoms with E-state index in [1.807, 2.05) is 0 Å². The standard InChI is InChI=1S/C13H21NO3/c1-4-17-13(16)11(3)9-14-8-7-10(2)5-6-12(14)15/h10H,3-9H2,1-2H3. The van der Waals surface area contributed by atoms with Crippen LogP contribution in [0.15, 0.2) is 12.2 Å². The highest BCUT2D eigenvalue weighted by Crippen LogP contribution is 2.18. The average molecular weight is 239 g/mol. The third kappa shape index (κ3) is 4.21. The molecule has 1 aliphatic rings. The fourth-order valence-corrected chi connectivity index (χ4v) is 1.87. The summed E-state index contributed by atoms with van der Waals surface area (Å²) in [6.07, 6.45) is 2.49. The predicted molar refractivity (Wildman–Crippen MR) is 65.4 cm³/mol. The Morgan fingerprint density at radius 3 is 2.88 bits per heavy atom. The Balaban J connectivity index is 2.51.